The second-order valence-electron chi connectivity index (χ2n) is 5.81. The summed E-state index contributed by atoms with van der Waals surface area (Å²) in [5, 5.41) is 1.02. The van der Waals surface area contributed by atoms with Gasteiger partial charge in [0.2, 0.25) is 0 Å². The average Bonchev–Trinajstić information content (AvgIpc) is 2.24. The van der Waals surface area contributed by atoms with Crippen LogP contribution >= 0.6 is 15.9 Å². The number of ether oxygens (including phenoxy) is 2. The van der Waals surface area contributed by atoms with Crippen molar-refractivity contribution in [2.45, 2.75) is 33.6 Å². The fraction of sp³-hybridized carbons (Fsp3) is 1.00. The van der Waals surface area contributed by atoms with E-state index in [9.17, 15) is 0 Å². The summed E-state index contributed by atoms with van der Waals surface area (Å²) in [6.45, 7) is 10.4. The van der Waals surface area contributed by atoms with Crippen molar-refractivity contribution in [2.24, 2.45) is 17.3 Å². The molecule has 1 aliphatic rings. The molecule has 0 amide bonds. The second-order valence-corrected chi connectivity index (χ2v) is 6.46. The molecule has 1 fully saturated rings. The Bertz CT molecular complexity index is 183. The second kappa shape index (κ2) is 6.97. The van der Waals surface area contributed by atoms with Crippen LogP contribution in [0, 0.1) is 17.3 Å². The monoisotopic (exact) mass is 292 g/mol. The highest BCUT2D eigenvalue weighted by atomic mass is 79.9. The maximum atomic E-state index is 5.87. The fourth-order valence-corrected chi connectivity index (χ4v) is 2.97. The third-order valence-corrected chi connectivity index (χ3v) is 4.21. The first-order chi connectivity index (χ1) is 7.54. The lowest BCUT2D eigenvalue weighted by molar-refractivity contribution is 0.00206. The van der Waals surface area contributed by atoms with E-state index in [-0.39, 0.29) is 0 Å². The minimum Gasteiger partial charge on any atom is -0.381 e. The van der Waals surface area contributed by atoms with Gasteiger partial charge in [-0.3, -0.25) is 0 Å². The van der Waals surface area contributed by atoms with E-state index in [0.29, 0.717) is 17.3 Å². The van der Waals surface area contributed by atoms with Crippen molar-refractivity contribution in [3.05, 3.63) is 0 Å². The van der Waals surface area contributed by atoms with E-state index in [1.165, 1.54) is 0 Å². The topological polar surface area (TPSA) is 18.5 Å². The van der Waals surface area contributed by atoms with E-state index in [4.69, 9.17) is 9.47 Å². The lowest BCUT2D eigenvalue weighted by Gasteiger charge is -2.30. The summed E-state index contributed by atoms with van der Waals surface area (Å²) in [7, 11) is 0. The number of halogens is 1. The van der Waals surface area contributed by atoms with Crippen LogP contribution < -0.4 is 0 Å². The van der Waals surface area contributed by atoms with E-state index in [1.54, 1.807) is 0 Å². The molecule has 0 radical (unpaired) electrons. The summed E-state index contributed by atoms with van der Waals surface area (Å²) >= 11 is 3.58. The molecule has 3 heteroatoms. The normalized spacial score (nSPS) is 21.0. The van der Waals surface area contributed by atoms with Gasteiger partial charge in [0.25, 0.3) is 0 Å². The van der Waals surface area contributed by atoms with E-state index >= 15 is 0 Å². The maximum Gasteiger partial charge on any atom is 0.0507 e. The van der Waals surface area contributed by atoms with Crippen LogP contribution in [0.1, 0.15) is 33.6 Å². The highest BCUT2D eigenvalue weighted by Gasteiger charge is 2.24. The first-order valence-corrected chi connectivity index (χ1v) is 7.37. The molecule has 96 valence electrons. The molecule has 16 heavy (non-hydrogen) atoms. The van der Waals surface area contributed by atoms with Crippen LogP contribution in [0.3, 0.4) is 0 Å². The van der Waals surface area contributed by atoms with Crippen molar-refractivity contribution in [3.63, 3.8) is 0 Å². The Morgan fingerprint density at radius 2 is 1.94 bits per heavy atom. The molecule has 0 aromatic rings. The van der Waals surface area contributed by atoms with E-state index in [0.717, 1.165) is 44.6 Å². The number of rotatable bonds is 5. The number of hydrogen-bond acceptors (Lipinski definition) is 2. The molecule has 1 rings (SSSR count). The molecule has 1 saturated heterocycles. The van der Waals surface area contributed by atoms with Crippen LogP contribution in [0.15, 0.2) is 0 Å². The van der Waals surface area contributed by atoms with Gasteiger partial charge in [-0.1, -0.05) is 36.7 Å². The van der Waals surface area contributed by atoms with E-state index in [1.807, 2.05) is 0 Å². The summed E-state index contributed by atoms with van der Waals surface area (Å²) < 4.78 is 11.2. The zero-order valence-corrected chi connectivity index (χ0v) is 12.4. The molecule has 0 saturated carbocycles. The zero-order chi connectivity index (χ0) is 12.0. The molecule has 1 atom stereocenters. The Labute approximate surface area is 108 Å². The van der Waals surface area contributed by atoms with Crippen LogP contribution in [0.25, 0.3) is 0 Å². The van der Waals surface area contributed by atoms with Gasteiger partial charge >= 0.3 is 0 Å². The van der Waals surface area contributed by atoms with Gasteiger partial charge in [-0.05, 0) is 30.1 Å². The highest BCUT2D eigenvalue weighted by molar-refractivity contribution is 9.09. The highest BCUT2D eigenvalue weighted by Crippen LogP contribution is 2.28. The largest absolute Gasteiger partial charge is 0.381 e. The molecular weight excluding hydrogens is 268 g/mol. The van der Waals surface area contributed by atoms with Crippen molar-refractivity contribution >= 4 is 15.9 Å². The first-order valence-electron chi connectivity index (χ1n) is 6.25. The number of alkyl halides is 1. The van der Waals surface area contributed by atoms with E-state index < -0.39 is 0 Å². The van der Waals surface area contributed by atoms with Gasteiger partial charge in [0, 0.05) is 25.2 Å². The van der Waals surface area contributed by atoms with Gasteiger partial charge in [-0.15, -0.1) is 0 Å². The third kappa shape index (κ3) is 5.15. The summed E-state index contributed by atoms with van der Waals surface area (Å²) in [6.07, 6.45) is 2.32. The summed E-state index contributed by atoms with van der Waals surface area (Å²) in [5.74, 6) is 1.30. The smallest absolute Gasteiger partial charge is 0.0507 e. The van der Waals surface area contributed by atoms with Crippen molar-refractivity contribution < 1.29 is 9.47 Å². The molecule has 0 aromatic heterocycles. The van der Waals surface area contributed by atoms with Gasteiger partial charge in [-0.25, -0.2) is 0 Å². The molecule has 0 bridgehead atoms. The quantitative estimate of drug-likeness (QED) is 0.722. The minimum atomic E-state index is 0.319. The summed E-state index contributed by atoms with van der Waals surface area (Å²) in [5.41, 5.74) is 0.319. The fourth-order valence-electron chi connectivity index (χ4n) is 1.82. The SMILES string of the molecule is CC(C)(C)C(CBr)COCC1CCOCC1. The van der Waals surface area contributed by atoms with Crippen molar-refractivity contribution in [2.75, 3.05) is 31.8 Å². The van der Waals surface area contributed by atoms with Crippen LogP contribution in [0.5, 0.6) is 0 Å². The predicted octanol–water partition coefficient (Wildman–Crippen LogP) is 3.49. The Morgan fingerprint density at radius 1 is 1.31 bits per heavy atom. The lowest BCUT2D eigenvalue weighted by atomic mass is 9.83. The van der Waals surface area contributed by atoms with Crippen molar-refractivity contribution in [1.82, 2.24) is 0 Å². The molecule has 1 unspecified atom stereocenters. The van der Waals surface area contributed by atoms with Crippen LogP contribution in [-0.4, -0.2) is 31.8 Å². The first kappa shape index (κ1) is 14.5. The summed E-state index contributed by atoms with van der Waals surface area (Å²) in [6, 6.07) is 0. The average molecular weight is 293 g/mol. The molecule has 1 aliphatic heterocycles. The van der Waals surface area contributed by atoms with E-state index in [2.05, 4.69) is 36.7 Å². The number of hydrogen-bond donors (Lipinski definition) is 0. The standard InChI is InChI=1S/C13H25BrO2/c1-13(2,3)12(8-14)10-16-9-11-4-6-15-7-5-11/h11-12H,4-10H2,1-3H3. The molecule has 2 nitrogen and oxygen atoms in total. The Balaban J connectivity index is 2.17. The molecule has 0 spiro atoms. The van der Waals surface area contributed by atoms with Gasteiger partial charge in [0.1, 0.15) is 0 Å². The lowest BCUT2D eigenvalue weighted by Crippen LogP contribution is -2.28. The Kier molecular flexibility index (Phi) is 6.30. The van der Waals surface area contributed by atoms with Gasteiger partial charge in [-0.2, -0.15) is 0 Å². The van der Waals surface area contributed by atoms with Gasteiger partial charge in [0.05, 0.1) is 6.61 Å². The third-order valence-electron chi connectivity index (χ3n) is 3.42. The minimum absolute atomic E-state index is 0.319. The van der Waals surface area contributed by atoms with Crippen LogP contribution in [0.4, 0.5) is 0 Å². The maximum absolute atomic E-state index is 5.87. The Morgan fingerprint density at radius 3 is 2.44 bits per heavy atom. The molecule has 1 heterocycles. The van der Waals surface area contributed by atoms with Gasteiger partial charge in [0.15, 0.2) is 0 Å². The molecule has 0 N–H and O–H groups in total. The van der Waals surface area contributed by atoms with Crippen LogP contribution in [-0.2, 0) is 9.47 Å². The van der Waals surface area contributed by atoms with Crippen molar-refractivity contribution in [1.29, 1.82) is 0 Å². The molecule has 0 aliphatic carbocycles. The Hall–Kier alpha value is 0.400. The predicted molar refractivity (Wildman–Crippen MR) is 71.1 cm³/mol. The van der Waals surface area contributed by atoms with Crippen LogP contribution in [0.2, 0.25) is 0 Å². The zero-order valence-electron chi connectivity index (χ0n) is 10.8. The summed E-state index contributed by atoms with van der Waals surface area (Å²) in [4.78, 5) is 0. The van der Waals surface area contributed by atoms with Crippen molar-refractivity contribution in [3.8, 4) is 0 Å². The molecular formula is C13H25BrO2. The van der Waals surface area contributed by atoms with Gasteiger partial charge < -0.3 is 9.47 Å². The molecule has 0 aromatic carbocycles.